The van der Waals surface area contributed by atoms with Crippen LogP contribution in [-0.2, 0) is 4.79 Å². The van der Waals surface area contributed by atoms with Crippen LogP contribution in [0.15, 0.2) is 24.3 Å². The van der Waals surface area contributed by atoms with E-state index < -0.39 is 12.5 Å². The molecule has 0 saturated heterocycles. The monoisotopic (exact) mass is 250 g/mol. The maximum atomic E-state index is 11.0. The van der Waals surface area contributed by atoms with Gasteiger partial charge in [0, 0.05) is 10.4 Å². The summed E-state index contributed by atoms with van der Waals surface area (Å²) < 4.78 is 0. The first-order chi connectivity index (χ1) is 8.11. The zero-order chi connectivity index (χ0) is 12.4. The Balaban J connectivity index is 2.50. The van der Waals surface area contributed by atoms with E-state index in [0.29, 0.717) is 10.8 Å². The average molecular weight is 251 g/mol. The van der Waals surface area contributed by atoms with Crippen LogP contribution in [0.5, 0.6) is 0 Å². The molecule has 1 amide bonds. The number of amides is 1. The lowest BCUT2D eigenvalue weighted by molar-refractivity contribution is -0.118. The zero-order valence-electron chi connectivity index (χ0n) is 9.20. The van der Waals surface area contributed by atoms with E-state index >= 15 is 0 Å². The number of anilines is 1. The number of halogens is 1. The molecule has 88 valence electrons. The fourth-order valence-corrected chi connectivity index (χ4v) is 1.79. The minimum atomic E-state index is -0.561. The second kappa shape index (κ2) is 4.69. The van der Waals surface area contributed by atoms with Crippen molar-refractivity contribution in [3.8, 4) is 0 Å². The lowest BCUT2D eigenvalue weighted by Gasteiger charge is -2.07. The summed E-state index contributed by atoms with van der Waals surface area (Å²) in [7, 11) is 0. The van der Waals surface area contributed by atoms with Gasteiger partial charge >= 0.3 is 0 Å². The van der Waals surface area contributed by atoms with Crippen LogP contribution in [0, 0.1) is 6.92 Å². The van der Waals surface area contributed by atoms with Crippen LogP contribution in [0.3, 0.4) is 0 Å². The van der Waals surface area contributed by atoms with E-state index in [1.54, 1.807) is 12.1 Å². The molecule has 1 heterocycles. The molecule has 2 N–H and O–H groups in total. The Kier molecular flexibility index (Phi) is 3.26. The van der Waals surface area contributed by atoms with Crippen LogP contribution in [0.2, 0.25) is 5.02 Å². The van der Waals surface area contributed by atoms with Gasteiger partial charge in [-0.05, 0) is 30.7 Å². The Labute approximate surface area is 103 Å². The summed E-state index contributed by atoms with van der Waals surface area (Å²) in [5.41, 5.74) is 1.72. The van der Waals surface area contributed by atoms with E-state index in [0.717, 1.165) is 16.5 Å². The van der Waals surface area contributed by atoms with Gasteiger partial charge in [-0.25, -0.2) is 4.98 Å². The van der Waals surface area contributed by atoms with Crippen LogP contribution >= 0.6 is 11.6 Å². The molecule has 0 saturated carbocycles. The number of aliphatic hydroxyl groups excluding tert-OH is 1. The molecular weight excluding hydrogens is 240 g/mol. The quantitative estimate of drug-likeness (QED) is 0.858. The third-order valence-corrected chi connectivity index (χ3v) is 2.75. The van der Waals surface area contributed by atoms with Crippen LogP contribution in [-0.4, -0.2) is 22.6 Å². The van der Waals surface area contributed by atoms with Crippen molar-refractivity contribution in [2.75, 3.05) is 11.9 Å². The number of aromatic nitrogens is 1. The smallest absolute Gasteiger partial charge is 0.251 e. The lowest BCUT2D eigenvalue weighted by Crippen LogP contribution is -2.16. The summed E-state index contributed by atoms with van der Waals surface area (Å²) >= 11 is 6.05. The van der Waals surface area contributed by atoms with Gasteiger partial charge in [0.2, 0.25) is 0 Å². The Hall–Kier alpha value is -1.65. The van der Waals surface area contributed by atoms with E-state index in [4.69, 9.17) is 16.7 Å². The number of fused-ring (bicyclic) bond motifs is 1. The van der Waals surface area contributed by atoms with Crippen molar-refractivity contribution in [1.29, 1.82) is 0 Å². The van der Waals surface area contributed by atoms with Gasteiger partial charge in [-0.3, -0.25) is 4.79 Å². The summed E-state index contributed by atoms with van der Waals surface area (Å²) in [5.74, 6) is -0.0848. The highest BCUT2D eigenvalue weighted by molar-refractivity contribution is 6.35. The number of aryl methyl sites for hydroxylation is 1. The number of hydrogen-bond acceptors (Lipinski definition) is 3. The summed E-state index contributed by atoms with van der Waals surface area (Å²) in [4.78, 5) is 15.3. The molecule has 0 atom stereocenters. The number of nitrogens with zero attached hydrogens (tertiary/aromatic N) is 1. The topological polar surface area (TPSA) is 62.2 Å². The minimum Gasteiger partial charge on any atom is -0.387 e. The Morgan fingerprint density at radius 2 is 2.18 bits per heavy atom. The molecule has 0 aliphatic heterocycles. The van der Waals surface area contributed by atoms with E-state index in [1.807, 2.05) is 19.1 Å². The van der Waals surface area contributed by atoms with Gasteiger partial charge in [-0.2, -0.15) is 0 Å². The number of hydrogen-bond donors (Lipinski definition) is 2. The number of rotatable bonds is 2. The summed E-state index contributed by atoms with van der Waals surface area (Å²) in [6.07, 6.45) is 0. The molecule has 2 aromatic rings. The normalized spacial score (nSPS) is 10.5. The summed E-state index contributed by atoms with van der Waals surface area (Å²) in [5, 5.41) is 12.6. The fraction of sp³-hybridized carbons (Fsp3) is 0.167. The molecular formula is C12H11ClN2O2. The predicted molar refractivity (Wildman–Crippen MR) is 67.2 cm³/mol. The van der Waals surface area contributed by atoms with Crippen LogP contribution in [0.25, 0.3) is 10.9 Å². The molecule has 0 fully saturated rings. The number of pyridine rings is 1. The second-order valence-corrected chi connectivity index (χ2v) is 4.07. The van der Waals surface area contributed by atoms with Gasteiger partial charge in [-0.15, -0.1) is 0 Å². The first-order valence-corrected chi connectivity index (χ1v) is 5.46. The highest BCUT2D eigenvalue weighted by atomic mass is 35.5. The molecule has 0 aliphatic carbocycles. The lowest BCUT2D eigenvalue weighted by atomic mass is 10.1. The summed E-state index contributed by atoms with van der Waals surface area (Å²) in [6.45, 7) is 1.36. The molecule has 0 bridgehead atoms. The highest BCUT2D eigenvalue weighted by Gasteiger charge is 2.06. The molecule has 1 aromatic heterocycles. The SMILES string of the molecule is Cc1ccc(Cl)c2ccc(NC(=O)CO)nc12. The maximum absolute atomic E-state index is 11.0. The number of benzene rings is 1. The Bertz CT molecular complexity index is 584. The molecule has 5 heteroatoms. The number of nitrogens with one attached hydrogen (secondary N) is 1. The minimum absolute atomic E-state index is 0.405. The van der Waals surface area contributed by atoms with Crippen LogP contribution < -0.4 is 5.32 Å². The first-order valence-electron chi connectivity index (χ1n) is 5.08. The van der Waals surface area contributed by atoms with E-state index in [1.165, 1.54) is 0 Å². The van der Waals surface area contributed by atoms with E-state index in [9.17, 15) is 4.79 Å². The molecule has 0 unspecified atom stereocenters. The Morgan fingerprint density at radius 3 is 2.88 bits per heavy atom. The van der Waals surface area contributed by atoms with E-state index in [2.05, 4.69) is 10.3 Å². The molecule has 17 heavy (non-hydrogen) atoms. The van der Waals surface area contributed by atoms with Crippen molar-refractivity contribution < 1.29 is 9.90 Å². The fourth-order valence-electron chi connectivity index (χ4n) is 1.57. The molecule has 1 aromatic carbocycles. The Morgan fingerprint density at radius 1 is 1.41 bits per heavy atom. The van der Waals surface area contributed by atoms with Gasteiger partial charge in [0.15, 0.2) is 0 Å². The largest absolute Gasteiger partial charge is 0.387 e. The first kappa shape index (κ1) is 11.8. The van der Waals surface area contributed by atoms with Crippen molar-refractivity contribution in [3.63, 3.8) is 0 Å². The van der Waals surface area contributed by atoms with Crippen molar-refractivity contribution >= 4 is 34.2 Å². The third-order valence-electron chi connectivity index (χ3n) is 2.42. The third kappa shape index (κ3) is 2.38. The van der Waals surface area contributed by atoms with Crippen molar-refractivity contribution in [2.24, 2.45) is 0 Å². The van der Waals surface area contributed by atoms with Gasteiger partial charge in [0.05, 0.1) is 5.52 Å². The van der Waals surface area contributed by atoms with Crippen LogP contribution in [0.1, 0.15) is 5.56 Å². The van der Waals surface area contributed by atoms with E-state index in [-0.39, 0.29) is 0 Å². The molecule has 0 spiro atoms. The number of carbonyl (C=O) groups excluding carboxylic acids is 1. The zero-order valence-corrected chi connectivity index (χ0v) is 9.95. The predicted octanol–water partition coefficient (Wildman–Crippen LogP) is 2.13. The molecule has 0 radical (unpaired) electrons. The molecule has 2 rings (SSSR count). The molecule has 4 nitrogen and oxygen atoms in total. The molecule has 0 aliphatic rings. The second-order valence-electron chi connectivity index (χ2n) is 3.66. The highest BCUT2D eigenvalue weighted by Crippen LogP contribution is 2.26. The van der Waals surface area contributed by atoms with Crippen molar-refractivity contribution in [3.05, 3.63) is 34.9 Å². The standard InChI is InChI=1S/C12H11ClN2O2/c1-7-2-4-9(13)8-3-5-10(15-12(7)8)14-11(17)6-16/h2-5,16H,6H2,1H3,(H,14,15,17). The van der Waals surface area contributed by atoms with Gasteiger partial charge in [0.25, 0.3) is 5.91 Å². The van der Waals surface area contributed by atoms with Crippen molar-refractivity contribution in [1.82, 2.24) is 4.98 Å². The maximum Gasteiger partial charge on any atom is 0.251 e. The van der Waals surface area contributed by atoms with Gasteiger partial charge < -0.3 is 10.4 Å². The van der Waals surface area contributed by atoms with Crippen molar-refractivity contribution in [2.45, 2.75) is 6.92 Å². The van der Waals surface area contributed by atoms with Gasteiger partial charge in [0.1, 0.15) is 12.4 Å². The average Bonchev–Trinajstić information content (AvgIpc) is 2.34. The van der Waals surface area contributed by atoms with Gasteiger partial charge in [-0.1, -0.05) is 17.7 Å². The number of aliphatic hydroxyl groups is 1. The number of carbonyl (C=O) groups is 1. The summed E-state index contributed by atoms with van der Waals surface area (Å²) in [6, 6.07) is 7.13. The van der Waals surface area contributed by atoms with Crippen LogP contribution in [0.4, 0.5) is 5.82 Å².